The number of nitrogens with one attached hydrogen (secondary N) is 1. The first kappa shape index (κ1) is 12.5. The lowest BCUT2D eigenvalue weighted by Gasteiger charge is -2.20. The fourth-order valence-corrected chi connectivity index (χ4v) is 2.57. The van der Waals surface area contributed by atoms with Crippen LogP contribution in [-0.2, 0) is 4.79 Å². The van der Waals surface area contributed by atoms with E-state index in [1.807, 2.05) is 0 Å². The van der Waals surface area contributed by atoms with Gasteiger partial charge in [-0.05, 0) is 30.5 Å². The van der Waals surface area contributed by atoms with Crippen LogP contribution in [0.4, 0.5) is 5.95 Å². The first-order valence-electron chi connectivity index (χ1n) is 6.71. The maximum absolute atomic E-state index is 12.5. The molecule has 1 saturated carbocycles. The Hall–Kier alpha value is -2.21. The van der Waals surface area contributed by atoms with Crippen LogP contribution in [0, 0.1) is 0 Å². The molecule has 1 fully saturated rings. The van der Waals surface area contributed by atoms with Gasteiger partial charge in [0.05, 0.1) is 0 Å². The van der Waals surface area contributed by atoms with Crippen molar-refractivity contribution < 1.29 is 9.59 Å². The summed E-state index contributed by atoms with van der Waals surface area (Å²) >= 11 is 5.84. The second-order valence-electron chi connectivity index (χ2n) is 5.29. The van der Waals surface area contributed by atoms with E-state index in [0.717, 1.165) is 12.8 Å². The Morgan fingerprint density at radius 2 is 1.90 bits per heavy atom. The smallest absolute Gasteiger partial charge is 0.267 e. The largest absolute Gasteiger partial charge is 0.293 e. The standard InChI is InChI=1S/C14H11ClN4O2/c15-9-5-3-7(4-6-9)10-12(20)17-14-16-11(8-1-2-8)18-19(14)13(10)21/h3-6,8,10H,1-2H2,(H,16,17,18,20). The number of anilines is 1. The Labute approximate surface area is 125 Å². The number of fused-ring (bicyclic) bond motifs is 1. The predicted molar refractivity (Wildman–Crippen MR) is 75.4 cm³/mol. The Morgan fingerprint density at radius 1 is 1.19 bits per heavy atom. The molecule has 106 valence electrons. The zero-order chi connectivity index (χ0) is 14.6. The summed E-state index contributed by atoms with van der Waals surface area (Å²) in [6.45, 7) is 0. The van der Waals surface area contributed by atoms with Gasteiger partial charge in [-0.2, -0.15) is 9.67 Å². The monoisotopic (exact) mass is 302 g/mol. The van der Waals surface area contributed by atoms with Gasteiger partial charge in [-0.15, -0.1) is 5.10 Å². The molecule has 2 aliphatic rings. The van der Waals surface area contributed by atoms with Gasteiger partial charge in [0.25, 0.3) is 5.91 Å². The molecular weight excluding hydrogens is 292 g/mol. The van der Waals surface area contributed by atoms with Crippen LogP contribution in [0.5, 0.6) is 0 Å². The first-order chi connectivity index (χ1) is 10.1. The van der Waals surface area contributed by atoms with Crippen molar-refractivity contribution in [3.8, 4) is 0 Å². The Balaban J connectivity index is 1.74. The molecule has 1 aromatic heterocycles. The predicted octanol–water partition coefficient (Wildman–Crippen LogP) is 2.18. The summed E-state index contributed by atoms with van der Waals surface area (Å²) in [5.41, 5.74) is 0.594. The van der Waals surface area contributed by atoms with Gasteiger partial charge in [0, 0.05) is 10.9 Å². The summed E-state index contributed by atoms with van der Waals surface area (Å²) in [6.07, 6.45) is 2.07. The summed E-state index contributed by atoms with van der Waals surface area (Å²) in [5.74, 6) is -0.502. The maximum Gasteiger partial charge on any atom is 0.267 e. The van der Waals surface area contributed by atoms with E-state index in [1.165, 1.54) is 4.68 Å². The van der Waals surface area contributed by atoms with Crippen molar-refractivity contribution in [2.24, 2.45) is 0 Å². The number of hydrogen-bond acceptors (Lipinski definition) is 4. The van der Waals surface area contributed by atoms with E-state index in [-0.39, 0.29) is 17.8 Å². The van der Waals surface area contributed by atoms with Crippen LogP contribution in [-0.4, -0.2) is 26.6 Å². The molecule has 1 aliphatic heterocycles. The number of hydrogen-bond donors (Lipinski definition) is 1. The molecule has 6 nitrogen and oxygen atoms in total. The van der Waals surface area contributed by atoms with E-state index in [9.17, 15) is 9.59 Å². The molecule has 1 aromatic carbocycles. The molecule has 1 atom stereocenters. The van der Waals surface area contributed by atoms with Crippen LogP contribution in [0.15, 0.2) is 24.3 Å². The number of carbonyl (C=O) groups excluding carboxylic acids is 2. The van der Waals surface area contributed by atoms with Gasteiger partial charge in [-0.3, -0.25) is 14.9 Å². The van der Waals surface area contributed by atoms with Gasteiger partial charge in [-0.25, -0.2) is 0 Å². The third kappa shape index (κ3) is 2.03. The van der Waals surface area contributed by atoms with E-state index >= 15 is 0 Å². The van der Waals surface area contributed by atoms with Crippen molar-refractivity contribution >= 4 is 29.4 Å². The van der Waals surface area contributed by atoms with E-state index in [0.29, 0.717) is 22.3 Å². The quantitative estimate of drug-likeness (QED) is 0.863. The van der Waals surface area contributed by atoms with Crippen molar-refractivity contribution in [3.63, 3.8) is 0 Å². The average Bonchev–Trinajstić information content (AvgIpc) is 3.22. The van der Waals surface area contributed by atoms with Gasteiger partial charge >= 0.3 is 0 Å². The van der Waals surface area contributed by atoms with Gasteiger partial charge < -0.3 is 0 Å². The zero-order valence-electron chi connectivity index (χ0n) is 10.9. The highest BCUT2D eigenvalue weighted by atomic mass is 35.5. The summed E-state index contributed by atoms with van der Waals surface area (Å²) in [4.78, 5) is 29.0. The molecule has 1 unspecified atom stereocenters. The topological polar surface area (TPSA) is 76.9 Å². The lowest BCUT2D eigenvalue weighted by atomic mass is 9.96. The van der Waals surface area contributed by atoms with E-state index in [2.05, 4.69) is 15.4 Å². The van der Waals surface area contributed by atoms with Crippen molar-refractivity contribution in [1.29, 1.82) is 0 Å². The normalized spacial score (nSPS) is 21.1. The highest BCUT2D eigenvalue weighted by Gasteiger charge is 2.39. The zero-order valence-corrected chi connectivity index (χ0v) is 11.7. The molecule has 0 radical (unpaired) electrons. The highest BCUT2D eigenvalue weighted by Crippen LogP contribution is 2.39. The summed E-state index contributed by atoms with van der Waals surface area (Å²) in [6, 6.07) is 6.66. The number of nitrogens with zero attached hydrogens (tertiary/aromatic N) is 3. The third-order valence-corrected chi connectivity index (χ3v) is 3.97. The Kier molecular flexibility index (Phi) is 2.62. The molecule has 21 heavy (non-hydrogen) atoms. The molecule has 1 aliphatic carbocycles. The number of carbonyl (C=O) groups is 2. The lowest BCUT2D eigenvalue weighted by molar-refractivity contribution is -0.117. The average molecular weight is 303 g/mol. The van der Waals surface area contributed by atoms with E-state index < -0.39 is 5.92 Å². The fourth-order valence-electron chi connectivity index (χ4n) is 2.44. The van der Waals surface area contributed by atoms with Crippen LogP contribution < -0.4 is 5.32 Å². The van der Waals surface area contributed by atoms with Crippen LogP contribution in [0.1, 0.15) is 40.9 Å². The second kappa shape index (κ2) is 4.39. The van der Waals surface area contributed by atoms with Gasteiger partial charge in [0.2, 0.25) is 11.9 Å². The highest BCUT2D eigenvalue weighted by molar-refractivity contribution is 6.30. The van der Waals surface area contributed by atoms with Gasteiger partial charge in [0.15, 0.2) is 5.82 Å². The molecular formula is C14H11ClN4O2. The van der Waals surface area contributed by atoms with Crippen molar-refractivity contribution in [2.75, 3.05) is 5.32 Å². The Bertz CT molecular complexity index is 749. The number of amides is 1. The number of benzene rings is 1. The molecule has 2 aromatic rings. The molecule has 4 rings (SSSR count). The summed E-state index contributed by atoms with van der Waals surface area (Å²) in [5, 5.41) is 7.45. The number of halogens is 1. The Morgan fingerprint density at radius 3 is 2.57 bits per heavy atom. The SMILES string of the molecule is O=C1Nc2nc(C3CC3)nn2C(=O)C1c1ccc(Cl)cc1. The van der Waals surface area contributed by atoms with Crippen molar-refractivity contribution in [2.45, 2.75) is 24.7 Å². The van der Waals surface area contributed by atoms with E-state index in [4.69, 9.17) is 11.6 Å². The van der Waals surface area contributed by atoms with E-state index in [1.54, 1.807) is 24.3 Å². The molecule has 1 N–H and O–H groups in total. The van der Waals surface area contributed by atoms with Crippen LogP contribution in [0.3, 0.4) is 0 Å². The molecule has 0 bridgehead atoms. The minimum atomic E-state index is -0.913. The first-order valence-corrected chi connectivity index (χ1v) is 7.09. The lowest BCUT2D eigenvalue weighted by Crippen LogP contribution is -2.38. The molecule has 0 saturated heterocycles. The van der Waals surface area contributed by atoms with Gasteiger partial charge in [-0.1, -0.05) is 23.7 Å². The molecule has 7 heteroatoms. The third-order valence-electron chi connectivity index (χ3n) is 3.72. The van der Waals surface area contributed by atoms with Crippen molar-refractivity contribution in [1.82, 2.24) is 14.8 Å². The minimum Gasteiger partial charge on any atom is -0.293 e. The second-order valence-corrected chi connectivity index (χ2v) is 5.73. The molecule has 1 amide bonds. The molecule has 0 spiro atoms. The number of rotatable bonds is 2. The van der Waals surface area contributed by atoms with Crippen LogP contribution >= 0.6 is 11.6 Å². The van der Waals surface area contributed by atoms with Crippen molar-refractivity contribution in [3.05, 3.63) is 40.7 Å². The maximum atomic E-state index is 12.5. The van der Waals surface area contributed by atoms with Crippen LogP contribution in [0.25, 0.3) is 0 Å². The number of aromatic nitrogens is 3. The van der Waals surface area contributed by atoms with Gasteiger partial charge in [0.1, 0.15) is 5.92 Å². The molecule has 2 heterocycles. The minimum absolute atomic E-state index is 0.220. The summed E-state index contributed by atoms with van der Waals surface area (Å²) < 4.78 is 1.20. The summed E-state index contributed by atoms with van der Waals surface area (Å²) in [7, 11) is 0. The van der Waals surface area contributed by atoms with Crippen LogP contribution in [0.2, 0.25) is 5.02 Å². The fraction of sp³-hybridized carbons (Fsp3) is 0.286.